The summed E-state index contributed by atoms with van der Waals surface area (Å²) in [5.41, 5.74) is 2.14. The monoisotopic (exact) mass is 423 g/mol. The first kappa shape index (κ1) is 21.3. The van der Waals surface area contributed by atoms with Crippen molar-refractivity contribution in [2.45, 2.75) is 18.7 Å². The van der Waals surface area contributed by atoms with Crippen LogP contribution >= 0.6 is 0 Å². The smallest absolute Gasteiger partial charge is 0.343 e. The minimum atomic E-state index is -3.86. The van der Waals surface area contributed by atoms with Crippen LogP contribution in [0.25, 0.3) is 0 Å². The second-order valence-electron chi connectivity index (χ2n) is 6.81. The van der Waals surface area contributed by atoms with E-state index in [1.807, 2.05) is 19.1 Å². The van der Waals surface area contributed by atoms with E-state index in [0.717, 1.165) is 9.87 Å². The Morgan fingerprint density at radius 1 is 0.867 bits per heavy atom. The molecule has 3 rings (SSSR count). The van der Waals surface area contributed by atoms with Gasteiger partial charge in [0.15, 0.2) is 5.78 Å². The molecule has 0 saturated carbocycles. The lowest BCUT2D eigenvalue weighted by Gasteiger charge is -2.20. The molecule has 154 valence electrons. The van der Waals surface area contributed by atoms with E-state index in [9.17, 15) is 18.0 Å². The summed E-state index contributed by atoms with van der Waals surface area (Å²) in [6.07, 6.45) is 0. The van der Waals surface area contributed by atoms with E-state index in [4.69, 9.17) is 4.74 Å². The largest absolute Gasteiger partial charge is 0.423 e. The second-order valence-corrected chi connectivity index (χ2v) is 8.78. The number of ether oxygens (including phenoxy) is 1. The van der Waals surface area contributed by atoms with E-state index in [2.05, 4.69) is 0 Å². The Morgan fingerprint density at radius 3 is 2.10 bits per heavy atom. The van der Waals surface area contributed by atoms with Gasteiger partial charge in [0.1, 0.15) is 5.75 Å². The van der Waals surface area contributed by atoms with Gasteiger partial charge in [-0.1, -0.05) is 23.8 Å². The third-order valence-corrected chi connectivity index (χ3v) is 6.38. The molecule has 0 bridgehead atoms. The van der Waals surface area contributed by atoms with Gasteiger partial charge >= 0.3 is 5.97 Å². The van der Waals surface area contributed by atoms with Gasteiger partial charge in [0, 0.05) is 12.6 Å². The number of rotatable bonds is 6. The normalized spacial score (nSPS) is 11.0. The van der Waals surface area contributed by atoms with Crippen LogP contribution < -0.4 is 9.04 Å². The summed E-state index contributed by atoms with van der Waals surface area (Å²) in [6, 6.07) is 18.9. The van der Waals surface area contributed by atoms with Gasteiger partial charge in [-0.2, -0.15) is 0 Å². The summed E-state index contributed by atoms with van der Waals surface area (Å²) >= 11 is 0. The number of hydrogen-bond acceptors (Lipinski definition) is 5. The summed E-state index contributed by atoms with van der Waals surface area (Å²) in [5, 5.41) is 0. The Labute approximate surface area is 175 Å². The number of hydrogen-bond donors (Lipinski definition) is 0. The van der Waals surface area contributed by atoms with Gasteiger partial charge in [-0.3, -0.25) is 9.10 Å². The molecule has 3 aromatic rings. The minimum Gasteiger partial charge on any atom is -0.423 e. The predicted molar refractivity (Wildman–Crippen MR) is 115 cm³/mol. The number of ketones is 1. The summed E-state index contributed by atoms with van der Waals surface area (Å²) in [5.74, 6) is -0.529. The van der Waals surface area contributed by atoms with Gasteiger partial charge in [-0.05, 0) is 68.4 Å². The molecule has 0 fully saturated rings. The average molecular weight is 423 g/mol. The SMILES string of the molecule is CC(=O)c1ccc(OC(=O)c2cccc(S(=O)(=O)N(C)c3ccc(C)cc3)c2)cc1. The molecular formula is C23H21NO5S. The molecule has 0 aliphatic carbocycles. The fourth-order valence-corrected chi connectivity index (χ4v) is 4.00. The zero-order chi connectivity index (χ0) is 21.9. The quantitative estimate of drug-likeness (QED) is 0.336. The number of carbonyl (C=O) groups is 2. The Bertz CT molecular complexity index is 1180. The van der Waals surface area contributed by atoms with Crippen LogP contribution in [0.1, 0.15) is 33.2 Å². The van der Waals surface area contributed by atoms with Crippen LogP contribution in [0.3, 0.4) is 0 Å². The highest BCUT2D eigenvalue weighted by Crippen LogP contribution is 2.23. The first-order valence-electron chi connectivity index (χ1n) is 9.17. The van der Waals surface area contributed by atoms with Crippen LogP contribution in [0.15, 0.2) is 77.7 Å². The van der Waals surface area contributed by atoms with Crippen molar-refractivity contribution in [1.29, 1.82) is 0 Å². The van der Waals surface area contributed by atoms with Gasteiger partial charge in [0.05, 0.1) is 16.1 Å². The van der Waals surface area contributed by atoms with E-state index < -0.39 is 16.0 Å². The summed E-state index contributed by atoms with van der Waals surface area (Å²) in [6.45, 7) is 3.36. The van der Waals surface area contributed by atoms with Gasteiger partial charge in [0.2, 0.25) is 0 Å². The molecule has 6 nitrogen and oxygen atoms in total. The van der Waals surface area contributed by atoms with E-state index in [-0.39, 0.29) is 22.0 Å². The number of benzene rings is 3. The Kier molecular flexibility index (Phi) is 6.03. The fourth-order valence-electron chi connectivity index (χ4n) is 2.76. The Balaban J connectivity index is 1.83. The molecule has 0 spiro atoms. The number of nitrogens with zero attached hydrogens (tertiary/aromatic N) is 1. The van der Waals surface area contributed by atoms with Crippen molar-refractivity contribution in [3.05, 3.63) is 89.5 Å². The Morgan fingerprint density at radius 2 is 1.50 bits per heavy atom. The molecule has 3 aromatic carbocycles. The average Bonchev–Trinajstić information content (AvgIpc) is 2.74. The molecule has 7 heteroatoms. The van der Waals surface area contributed by atoms with Crippen molar-refractivity contribution < 1.29 is 22.7 Å². The number of carbonyl (C=O) groups excluding carboxylic acids is 2. The van der Waals surface area contributed by atoms with Gasteiger partial charge in [0.25, 0.3) is 10.0 Å². The first-order chi connectivity index (χ1) is 14.2. The molecule has 0 aromatic heterocycles. The lowest BCUT2D eigenvalue weighted by atomic mass is 10.1. The fraction of sp³-hybridized carbons (Fsp3) is 0.130. The van der Waals surface area contributed by atoms with E-state index in [0.29, 0.717) is 11.3 Å². The highest BCUT2D eigenvalue weighted by molar-refractivity contribution is 7.92. The summed E-state index contributed by atoms with van der Waals surface area (Å²) < 4.78 is 32.5. The molecule has 0 aliphatic heterocycles. The maximum absolute atomic E-state index is 13.0. The van der Waals surface area contributed by atoms with Gasteiger partial charge in [-0.15, -0.1) is 0 Å². The van der Waals surface area contributed by atoms with Crippen LogP contribution in [0.4, 0.5) is 5.69 Å². The zero-order valence-electron chi connectivity index (χ0n) is 16.8. The molecule has 0 saturated heterocycles. The molecule has 30 heavy (non-hydrogen) atoms. The molecule has 0 radical (unpaired) electrons. The summed E-state index contributed by atoms with van der Waals surface area (Å²) in [7, 11) is -2.40. The van der Waals surface area contributed by atoms with Crippen molar-refractivity contribution in [3.8, 4) is 5.75 Å². The third-order valence-electron chi connectivity index (χ3n) is 4.60. The van der Waals surface area contributed by atoms with Gasteiger partial charge in [-0.25, -0.2) is 13.2 Å². The maximum Gasteiger partial charge on any atom is 0.343 e. The van der Waals surface area contributed by atoms with E-state index in [1.54, 1.807) is 24.3 Å². The molecule has 0 N–H and O–H groups in total. The number of sulfonamides is 1. The Hall–Kier alpha value is -3.45. The van der Waals surface area contributed by atoms with Crippen LogP contribution in [-0.2, 0) is 10.0 Å². The van der Waals surface area contributed by atoms with Crippen molar-refractivity contribution in [1.82, 2.24) is 0 Å². The first-order valence-corrected chi connectivity index (χ1v) is 10.6. The van der Waals surface area contributed by atoms with Crippen molar-refractivity contribution in [2.75, 3.05) is 11.4 Å². The predicted octanol–water partition coefficient (Wildman–Crippen LogP) is 4.24. The molecule has 0 amide bonds. The zero-order valence-corrected chi connectivity index (χ0v) is 17.6. The lowest BCUT2D eigenvalue weighted by Crippen LogP contribution is -2.26. The van der Waals surface area contributed by atoms with Crippen LogP contribution in [0, 0.1) is 6.92 Å². The highest BCUT2D eigenvalue weighted by atomic mass is 32.2. The van der Waals surface area contributed by atoms with Crippen LogP contribution in [-0.4, -0.2) is 27.2 Å². The van der Waals surface area contributed by atoms with E-state index >= 15 is 0 Å². The lowest BCUT2D eigenvalue weighted by molar-refractivity contribution is 0.0734. The number of aryl methyl sites for hydroxylation is 1. The third kappa shape index (κ3) is 4.58. The molecule has 0 atom stereocenters. The standard InChI is InChI=1S/C23H21NO5S/c1-16-7-11-20(12-8-16)24(3)30(27,28)22-6-4-5-19(15-22)23(26)29-21-13-9-18(10-14-21)17(2)25/h4-15H,1-3H3. The molecule has 0 heterocycles. The van der Waals surface area contributed by atoms with E-state index in [1.165, 1.54) is 50.4 Å². The second kappa shape index (κ2) is 8.51. The van der Waals surface area contributed by atoms with Crippen molar-refractivity contribution >= 4 is 27.5 Å². The van der Waals surface area contributed by atoms with Crippen LogP contribution in [0.2, 0.25) is 0 Å². The minimum absolute atomic E-state index is 0.0213. The molecule has 0 unspecified atom stereocenters. The highest BCUT2D eigenvalue weighted by Gasteiger charge is 2.23. The number of anilines is 1. The topological polar surface area (TPSA) is 80.8 Å². The van der Waals surface area contributed by atoms with Crippen molar-refractivity contribution in [2.24, 2.45) is 0 Å². The maximum atomic E-state index is 13.0. The van der Waals surface area contributed by atoms with Gasteiger partial charge < -0.3 is 4.74 Å². The number of Topliss-reactive ketones (excluding diaryl/α,β-unsaturated/α-hetero) is 1. The number of esters is 1. The summed E-state index contributed by atoms with van der Waals surface area (Å²) in [4.78, 5) is 23.8. The molecular weight excluding hydrogens is 402 g/mol. The van der Waals surface area contributed by atoms with Crippen LogP contribution in [0.5, 0.6) is 5.75 Å². The van der Waals surface area contributed by atoms with Crippen molar-refractivity contribution in [3.63, 3.8) is 0 Å². The molecule has 0 aliphatic rings.